The molecule has 0 spiro atoms. The van der Waals surface area contributed by atoms with Crippen LogP contribution in [-0.4, -0.2) is 12.5 Å². The summed E-state index contributed by atoms with van der Waals surface area (Å²) in [5.41, 5.74) is 1.86. The summed E-state index contributed by atoms with van der Waals surface area (Å²) in [4.78, 5) is 11.5. The van der Waals surface area contributed by atoms with Gasteiger partial charge in [-0.05, 0) is 24.1 Å². The fourth-order valence-corrected chi connectivity index (χ4v) is 1.24. The molecule has 3 heteroatoms. The Balaban J connectivity index is 2.62. The Morgan fingerprint density at radius 3 is 2.47 bits per heavy atom. The molecule has 0 fully saturated rings. The van der Waals surface area contributed by atoms with Gasteiger partial charge in [0.15, 0.2) is 0 Å². The summed E-state index contributed by atoms with van der Waals surface area (Å²) in [6.07, 6.45) is 0.973. The van der Waals surface area contributed by atoms with Crippen LogP contribution in [-0.2, 0) is 6.42 Å². The molecule has 0 radical (unpaired) electrons. The van der Waals surface area contributed by atoms with E-state index in [0.29, 0.717) is 17.1 Å². The molecule has 2 nitrogen and oxygen atoms in total. The van der Waals surface area contributed by atoms with E-state index in [1.54, 1.807) is 0 Å². The molecule has 0 bridgehead atoms. The van der Waals surface area contributed by atoms with Crippen molar-refractivity contribution in [3.63, 3.8) is 0 Å². The Morgan fingerprint density at radius 2 is 2.00 bits per heavy atom. The first-order valence-corrected chi connectivity index (χ1v) is 5.21. The van der Waals surface area contributed by atoms with E-state index >= 15 is 0 Å². The van der Waals surface area contributed by atoms with E-state index in [9.17, 15) is 4.79 Å². The highest BCUT2D eigenvalue weighted by molar-refractivity contribution is 6.29. The van der Waals surface area contributed by atoms with E-state index < -0.39 is 0 Å². The largest absolute Gasteiger partial charge is 0.347 e. The zero-order valence-corrected chi connectivity index (χ0v) is 9.47. The molecule has 1 amide bonds. The number of nitrogens with one attached hydrogen (secondary N) is 1. The Morgan fingerprint density at radius 1 is 1.40 bits per heavy atom. The molecule has 0 saturated heterocycles. The number of halogens is 1. The average molecular weight is 224 g/mol. The number of rotatable bonds is 4. The van der Waals surface area contributed by atoms with Gasteiger partial charge in [0.1, 0.15) is 0 Å². The van der Waals surface area contributed by atoms with Crippen LogP contribution in [0.5, 0.6) is 0 Å². The van der Waals surface area contributed by atoms with Gasteiger partial charge in [0.25, 0.3) is 5.91 Å². The molecule has 0 unspecified atom stereocenters. The van der Waals surface area contributed by atoms with E-state index in [1.807, 2.05) is 24.3 Å². The van der Waals surface area contributed by atoms with Crippen LogP contribution >= 0.6 is 11.6 Å². The van der Waals surface area contributed by atoms with Crippen LogP contribution in [0.25, 0.3) is 0 Å². The second-order valence-electron chi connectivity index (χ2n) is 3.25. The normalized spacial score (nSPS) is 9.73. The van der Waals surface area contributed by atoms with Crippen molar-refractivity contribution in [2.75, 3.05) is 6.54 Å². The van der Waals surface area contributed by atoms with Crippen LogP contribution in [0, 0.1) is 0 Å². The van der Waals surface area contributed by atoms with Gasteiger partial charge >= 0.3 is 0 Å². The number of amides is 1. The Bertz CT molecular complexity index is 356. The summed E-state index contributed by atoms with van der Waals surface area (Å²) in [6.45, 7) is 5.88. The van der Waals surface area contributed by atoms with Gasteiger partial charge in [-0.1, -0.05) is 37.2 Å². The third kappa shape index (κ3) is 3.76. The maximum atomic E-state index is 11.5. The molecule has 80 valence electrons. The fraction of sp³-hybridized carbons (Fsp3) is 0.250. The van der Waals surface area contributed by atoms with Gasteiger partial charge in [-0.15, -0.1) is 0 Å². The van der Waals surface area contributed by atoms with Crippen LogP contribution < -0.4 is 5.32 Å². The lowest BCUT2D eigenvalue weighted by molar-refractivity contribution is 0.0957. The van der Waals surface area contributed by atoms with Crippen molar-refractivity contribution in [1.82, 2.24) is 5.32 Å². The highest BCUT2D eigenvalue weighted by Crippen LogP contribution is 2.05. The fourth-order valence-electron chi connectivity index (χ4n) is 1.17. The van der Waals surface area contributed by atoms with E-state index in [2.05, 4.69) is 18.8 Å². The lowest BCUT2D eigenvalue weighted by Gasteiger charge is -2.04. The maximum absolute atomic E-state index is 11.5. The molecule has 1 aromatic carbocycles. The minimum atomic E-state index is -0.126. The van der Waals surface area contributed by atoms with E-state index in [1.165, 1.54) is 5.56 Å². The summed E-state index contributed by atoms with van der Waals surface area (Å²) in [5, 5.41) is 3.09. The molecule has 0 aliphatic carbocycles. The Hall–Kier alpha value is -1.28. The number of carbonyl (C=O) groups excluding carboxylic acids is 1. The third-order valence-corrected chi connectivity index (χ3v) is 2.20. The topological polar surface area (TPSA) is 29.1 Å². The average Bonchev–Trinajstić information content (AvgIpc) is 2.26. The summed E-state index contributed by atoms with van der Waals surface area (Å²) < 4.78 is 0. The van der Waals surface area contributed by atoms with Crippen LogP contribution in [0.3, 0.4) is 0 Å². The third-order valence-electron chi connectivity index (χ3n) is 2.07. The highest BCUT2D eigenvalue weighted by atomic mass is 35.5. The zero-order chi connectivity index (χ0) is 11.3. The van der Waals surface area contributed by atoms with Gasteiger partial charge in [-0.3, -0.25) is 4.79 Å². The van der Waals surface area contributed by atoms with Crippen molar-refractivity contribution < 1.29 is 4.79 Å². The van der Waals surface area contributed by atoms with Crippen molar-refractivity contribution >= 4 is 17.5 Å². The van der Waals surface area contributed by atoms with Gasteiger partial charge in [-0.25, -0.2) is 0 Å². The molecule has 0 aliphatic rings. The summed E-state index contributed by atoms with van der Waals surface area (Å²) in [7, 11) is 0. The standard InChI is InChI=1S/C12H14ClNO/c1-3-10-4-6-11(7-5-10)12(15)14-8-9(2)13/h4-7H,2-3,8H2,1H3,(H,14,15). The van der Waals surface area contributed by atoms with Crippen LogP contribution in [0.2, 0.25) is 0 Å². The molecule has 1 N–H and O–H groups in total. The molecule has 0 atom stereocenters. The van der Waals surface area contributed by atoms with E-state index in [0.717, 1.165) is 6.42 Å². The number of benzene rings is 1. The van der Waals surface area contributed by atoms with Crippen LogP contribution in [0.4, 0.5) is 0 Å². The van der Waals surface area contributed by atoms with Crippen LogP contribution in [0.1, 0.15) is 22.8 Å². The molecule has 1 rings (SSSR count). The molecule has 0 saturated carbocycles. The number of hydrogen-bond acceptors (Lipinski definition) is 1. The maximum Gasteiger partial charge on any atom is 0.251 e. The van der Waals surface area contributed by atoms with Crippen molar-refractivity contribution in [3.8, 4) is 0 Å². The first-order valence-electron chi connectivity index (χ1n) is 4.84. The summed E-state index contributed by atoms with van der Waals surface area (Å²) >= 11 is 5.55. The molecule has 0 aromatic heterocycles. The lowest BCUT2D eigenvalue weighted by atomic mass is 10.1. The van der Waals surface area contributed by atoms with Crippen molar-refractivity contribution in [2.24, 2.45) is 0 Å². The molecular formula is C12H14ClNO. The van der Waals surface area contributed by atoms with Gasteiger partial charge in [-0.2, -0.15) is 0 Å². The first-order chi connectivity index (χ1) is 7.13. The zero-order valence-electron chi connectivity index (χ0n) is 8.72. The lowest BCUT2D eigenvalue weighted by Crippen LogP contribution is -2.24. The van der Waals surface area contributed by atoms with Crippen molar-refractivity contribution in [1.29, 1.82) is 0 Å². The van der Waals surface area contributed by atoms with Gasteiger partial charge in [0.2, 0.25) is 0 Å². The summed E-state index contributed by atoms with van der Waals surface area (Å²) in [5.74, 6) is -0.126. The number of carbonyl (C=O) groups is 1. The minimum Gasteiger partial charge on any atom is -0.347 e. The second kappa shape index (κ2) is 5.56. The van der Waals surface area contributed by atoms with Crippen molar-refractivity contribution in [2.45, 2.75) is 13.3 Å². The highest BCUT2D eigenvalue weighted by Gasteiger charge is 2.04. The molecule has 15 heavy (non-hydrogen) atoms. The van der Waals surface area contributed by atoms with E-state index in [4.69, 9.17) is 11.6 Å². The smallest absolute Gasteiger partial charge is 0.251 e. The monoisotopic (exact) mass is 223 g/mol. The van der Waals surface area contributed by atoms with Gasteiger partial charge in [0.05, 0.1) is 6.54 Å². The van der Waals surface area contributed by atoms with E-state index in [-0.39, 0.29) is 5.91 Å². The second-order valence-corrected chi connectivity index (χ2v) is 3.78. The molecule has 1 aromatic rings. The van der Waals surface area contributed by atoms with Crippen LogP contribution in [0.15, 0.2) is 35.9 Å². The SMILES string of the molecule is C=C(Cl)CNC(=O)c1ccc(CC)cc1. The molecule has 0 heterocycles. The molecular weight excluding hydrogens is 210 g/mol. The Labute approximate surface area is 94.9 Å². The van der Waals surface area contributed by atoms with Gasteiger partial charge < -0.3 is 5.32 Å². The van der Waals surface area contributed by atoms with Crippen molar-refractivity contribution in [3.05, 3.63) is 47.0 Å². The first kappa shape index (κ1) is 11.8. The summed E-state index contributed by atoms with van der Waals surface area (Å²) in [6, 6.07) is 7.52. The number of hydrogen-bond donors (Lipinski definition) is 1. The predicted molar refractivity (Wildman–Crippen MR) is 63.1 cm³/mol. The quantitative estimate of drug-likeness (QED) is 0.836. The molecule has 0 aliphatic heterocycles. The number of aryl methyl sites for hydroxylation is 1. The Kier molecular flexibility index (Phi) is 4.37. The minimum absolute atomic E-state index is 0.126. The predicted octanol–water partition coefficient (Wildman–Crippen LogP) is 2.73. The van der Waals surface area contributed by atoms with Gasteiger partial charge in [0, 0.05) is 10.6 Å².